The highest BCUT2D eigenvalue weighted by Crippen LogP contribution is 2.51. The summed E-state index contributed by atoms with van der Waals surface area (Å²) in [5, 5.41) is 4.44. The number of carbonyl (C=O) groups excluding carboxylic acids is 1. The largest absolute Gasteiger partial charge is 0.358 e. The Balaban J connectivity index is 1.57. The van der Waals surface area contributed by atoms with Gasteiger partial charge in [0.2, 0.25) is 0 Å². The third kappa shape index (κ3) is 2.50. The van der Waals surface area contributed by atoms with E-state index in [4.69, 9.17) is 0 Å². The first-order chi connectivity index (χ1) is 11.6. The second kappa shape index (κ2) is 5.52. The molecule has 1 saturated carbocycles. The Morgan fingerprint density at radius 1 is 1.08 bits per heavy atom. The summed E-state index contributed by atoms with van der Waals surface area (Å²) >= 11 is 0. The molecule has 1 heterocycles. The molecule has 1 aromatic heterocycles. The van der Waals surface area contributed by atoms with Gasteiger partial charge in [0.1, 0.15) is 0 Å². The molecule has 1 aliphatic carbocycles. The molecule has 3 nitrogen and oxygen atoms in total. The van der Waals surface area contributed by atoms with Crippen LogP contribution in [0, 0.1) is 13.8 Å². The molecular weight excluding hydrogens is 296 g/mol. The van der Waals surface area contributed by atoms with E-state index >= 15 is 0 Å². The minimum absolute atomic E-state index is 0.0127. The summed E-state index contributed by atoms with van der Waals surface area (Å²) < 4.78 is 0. The Hall–Kier alpha value is -2.55. The zero-order valence-electron chi connectivity index (χ0n) is 14.1. The summed E-state index contributed by atoms with van der Waals surface area (Å²) in [6.45, 7) is 4.86. The highest BCUT2D eigenvalue weighted by molar-refractivity contribution is 5.94. The summed E-state index contributed by atoms with van der Waals surface area (Å²) in [4.78, 5) is 15.9. The number of hydrogen-bond acceptors (Lipinski definition) is 1. The average Bonchev–Trinajstić information content (AvgIpc) is 3.28. The van der Waals surface area contributed by atoms with E-state index in [1.165, 1.54) is 27.7 Å². The van der Waals surface area contributed by atoms with E-state index in [0.29, 0.717) is 6.54 Å². The van der Waals surface area contributed by atoms with Gasteiger partial charge in [-0.25, -0.2) is 0 Å². The van der Waals surface area contributed by atoms with Gasteiger partial charge in [-0.05, 0) is 50.5 Å². The number of fused-ring (bicyclic) bond motifs is 1. The van der Waals surface area contributed by atoms with E-state index < -0.39 is 0 Å². The van der Waals surface area contributed by atoms with Crippen LogP contribution >= 0.6 is 0 Å². The highest BCUT2D eigenvalue weighted by atomic mass is 16.1. The molecule has 2 N–H and O–H groups in total. The van der Waals surface area contributed by atoms with Crippen molar-refractivity contribution in [2.75, 3.05) is 6.54 Å². The van der Waals surface area contributed by atoms with Crippen molar-refractivity contribution in [3.8, 4) is 0 Å². The Kier molecular flexibility index (Phi) is 3.45. The topological polar surface area (TPSA) is 44.9 Å². The second-order valence-electron chi connectivity index (χ2n) is 7.00. The first-order valence-corrected chi connectivity index (χ1v) is 8.52. The number of aromatic nitrogens is 1. The van der Waals surface area contributed by atoms with Crippen molar-refractivity contribution in [3.05, 3.63) is 70.9 Å². The Morgan fingerprint density at radius 2 is 1.79 bits per heavy atom. The van der Waals surface area contributed by atoms with Gasteiger partial charge in [0.05, 0.1) is 0 Å². The molecule has 4 rings (SSSR count). The fraction of sp³-hybridized carbons (Fsp3) is 0.286. The second-order valence-corrected chi connectivity index (χ2v) is 7.00. The molecule has 1 amide bonds. The predicted octanol–water partition coefficient (Wildman–Crippen LogP) is 4.25. The van der Waals surface area contributed by atoms with Gasteiger partial charge in [0, 0.05) is 34.1 Å². The number of amides is 1. The Labute approximate surface area is 142 Å². The van der Waals surface area contributed by atoms with Gasteiger partial charge < -0.3 is 10.3 Å². The number of hydrogen-bond donors (Lipinski definition) is 2. The van der Waals surface area contributed by atoms with E-state index in [0.717, 1.165) is 18.4 Å². The summed E-state index contributed by atoms with van der Waals surface area (Å²) in [5.41, 5.74) is 5.76. The van der Waals surface area contributed by atoms with Crippen molar-refractivity contribution >= 4 is 16.8 Å². The molecule has 0 radical (unpaired) electrons. The number of aryl methyl sites for hydroxylation is 2. The lowest BCUT2D eigenvalue weighted by molar-refractivity contribution is 0.0949. The number of para-hydroxylation sites is 1. The summed E-state index contributed by atoms with van der Waals surface area (Å²) in [6.07, 6.45) is 2.26. The molecule has 3 heteroatoms. The molecule has 1 fully saturated rings. The maximum absolute atomic E-state index is 12.4. The van der Waals surface area contributed by atoms with E-state index in [9.17, 15) is 4.79 Å². The lowest BCUT2D eigenvalue weighted by atomic mass is 9.93. The van der Waals surface area contributed by atoms with Gasteiger partial charge in [0.15, 0.2) is 0 Å². The Bertz CT molecular complexity index is 901. The van der Waals surface area contributed by atoms with Crippen molar-refractivity contribution < 1.29 is 4.79 Å². The minimum atomic E-state index is 0.0127. The van der Waals surface area contributed by atoms with Gasteiger partial charge in [-0.1, -0.05) is 35.9 Å². The van der Waals surface area contributed by atoms with Gasteiger partial charge in [-0.15, -0.1) is 0 Å². The average molecular weight is 318 g/mol. The van der Waals surface area contributed by atoms with E-state index in [1.807, 2.05) is 31.2 Å². The van der Waals surface area contributed by atoms with Gasteiger partial charge in [-0.2, -0.15) is 0 Å². The fourth-order valence-corrected chi connectivity index (χ4v) is 3.68. The van der Waals surface area contributed by atoms with E-state index in [2.05, 4.69) is 41.5 Å². The monoisotopic (exact) mass is 318 g/mol. The number of rotatable bonds is 4. The number of aromatic amines is 1. The van der Waals surface area contributed by atoms with Gasteiger partial charge in [-0.3, -0.25) is 4.79 Å². The van der Waals surface area contributed by atoms with Crippen LogP contribution in [-0.4, -0.2) is 17.4 Å². The maximum atomic E-state index is 12.4. The summed E-state index contributed by atoms with van der Waals surface area (Å²) in [6, 6.07) is 16.2. The number of H-pyrrole nitrogens is 1. The predicted molar refractivity (Wildman–Crippen MR) is 97.5 cm³/mol. The Morgan fingerprint density at radius 3 is 2.50 bits per heavy atom. The third-order valence-electron chi connectivity index (χ3n) is 5.18. The fourth-order valence-electron chi connectivity index (χ4n) is 3.68. The molecule has 0 aliphatic heterocycles. The van der Waals surface area contributed by atoms with Crippen molar-refractivity contribution in [2.24, 2.45) is 0 Å². The summed E-state index contributed by atoms with van der Waals surface area (Å²) in [7, 11) is 0. The van der Waals surface area contributed by atoms with Crippen molar-refractivity contribution in [1.29, 1.82) is 0 Å². The number of benzene rings is 2. The molecule has 1 aliphatic rings. The van der Waals surface area contributed by atoms with Crippen LogP contribution in [0.25, 0.3) is 10.9 Å². The van der Waals surface area contributed by atoms with E-state index in [1.54, 1.807) is 0 Å². The van der Waals surface area contributed by atoms with Gasteiger partial charge in [0.25, 0.3) is 5.91 Å². The lowest BCUT2D eigenvalue weighted by Crippen LogP contribution is -2.32. The van der Waals surface area contributed by atoms with Gasteiger partial charge >= 0.3 is 0 Å². The molecule has 0 unspecified atom stereocenters. The van der Waals surface area contributed by atoms with Crippen LogP contribution in [-0.2, 0) is 5.41 Å². The van der Waals surface area contributed by atoms with E-state index in [-0.39, 0.29) is 11.3 Å². The number of carbonyl (C=O) groups is 1. The normalized spacial score (nSPS) is 15.4. The minimum Gasteiger partial charge on any atom is -0.358 e. The van der Waals surface area contributed by atoms with Crippen LogP contribution in [0.3, 0.4) is 0 Å². The van der Waals surface area contributed by atoms with Crippen molar-refractivity contribution in [1.82, 2.24) is 10.3 Å². The number of nitrogens with one attached hydrogen (secondary N) is 2. The molecule has 0 saturated heterocycles. The summed E-state index contributed by atoms with van der Waals surface area (Å²) in [5.74, 6) is 0.0127. The molecule has 0 spiro atoms. The van der Waals surface area contributed by atoms with Crippen LogP contribution in [0.5, 0.6) is 0 Å². The van der Waals surface area contributed by atoms with Crippen LogP contribution in [0.4, 0.5) is 0 Å². The van der Waals surface area contributed by atoms with Crippen LogP contribution < -0.4 is 5.32 Å². The third-order valence-corrected chi connectivity index (χ3v) is 5.18. The highest BCUT2D eigenvalue weighted by Gasteiger charge is 2.46. The first-order valence-electron chi connectivity index (χ1n) is 8.52. The molecule has 0 bridgehead atoms. The quantitative estimate of drug-likeness (QED) is 0.742. The molecule has 0 atom stereocenters. The smallest absolute Gasteiger partial charge is 0.251 e. The van der Waals surface area contributed by atoms with Crippen molar-refractivity contribution in [2.45, 2.75) is 32.1 Å². The molecule has 122 valence electrons. The zero-order valence-corrected chi connectivity index (χ0v) is 14.1. The first kappa shape index (κ1) is 15.0. The van der Waals surface area contributed by atoms with Crippen LogP contribution in [0.15, 0.2) is 48.5 Å². The molecule has 24 heavy (non-hydrogen) atoms. The molecular formula is C21H22N2O. The molecule has 3 aromatic rings. The lowest BCUT2D eigenvalue weighted by Gasteiger charge is -2.17. The maximum Gasteiger partial charge on any atom is 0.251 e. The van der Waals surface area contributed by atoms with Crippen molar-refractivity contribution in [3.63, 3.8) is 0 Å². The SMILES string of the molecule is Cc1ccc(C(=O)NCC2(c3c(C)[nH]c4ccccc34)CC2)cc1. The molecule has 2 aromatic carbocycles. The van der Waals surface area contributed by atoms with Crippen LogP contribution in [0.1, 0.15) is 40.0 Å². The standard InChI is InChI=1S/C21H22N2O/c1-14-7-9-16(10-8-14)20(24)22-13-21(11-12-21)19-15(2)23-18-6-4-3-5-17(18)19/h3-10,23H,11-13H2,1-2H3,(H,22,24). The van der Waals surface area contributed by atoms with Crippen LogP contribution in [0.2, 0.25) is 0 Å². The zero-order chi connectivity index (χ0) is 16.7.